The van der Waals surface area contributed by atoms with Gasteiger partial charge in [0, 0.05) is 0 Å². The van der Waals surface area contributed by atoms with E-state index in [1.54, 1.807) is 0 Å². The number of hydrogen-bond acceptors (Lipinski definition) is 10. The maximum Gasteiger partial charge on any atom is 1.00 e. The van der Waals surface area contributed by atoms with Crippen molar-refractivity contribution in [1.82, 2.24) is 0 Å². The molecule has 42 heavy (non-hydrogen) atoms. The fourth-order valence-corrected chi connectivity index (χ4v) is 4.75. The van der Waals surface area contributed by atoms with Crippen LogP contribution in [0.4, 0.5) is 22.7 Å². The zero-order chi connectivity index (χ0) is 28.9. The van der Waals surface area contributed by atoms with E-state index in [0.717, 1.165) is 12.1 Å². The van der Waals surface area contributed by atoms with E-state index in [1.165, 1.54) is 84.9 Å². The van der Waals surface area contributed by atoms with Gasteiger partial charge in [-0.15, -0.1) is 0 Å². The first kappa shape index (κ1) is 35.0. The Morgan fingerprint density at radius 2 is 0.786 bits per heavy atom. The molecule has 16 heteroatoms. The second-order valence-corrected chi connectivity index (χ2v) is 10.9. The van der Waals surface area contributed by atoms with Crippen molar-refractivity contribution in [2.45, 2.75) is 9.79 Å². The number of hydrogen-bond donors (Lipinski definition) is 4. The van der Waals surface area contributed by atoms with Crippen LogP contribution in [0.5, 0.6) is 11.5 Å². The topological polar surface area (TPSA) is 199 Å². The third-order valence-electron chi connectivity index (χ3n) is 5.25. The normalized spacial score (nSPS) is 12.0. The zero-order valence-electron chi connectivity index (χ0n) is 22.3. The average Bonchev–Trinajstić information content (AvgIpc) is 2.90. The molecule has 4 aromatic rings. The summed E-state index contributed by atoms with van der Waals surface area (Å²) in [5.41, 5.74) is 0.976. The molecule has 0 aliphatic carbocycles. The number of benzene rings is 4. The second-order valence-electron chi connectivity index (χ2n) is 8.16. The average molecular weight is 611 g/mol. The van der Waals surface area contributed by atoms with Crippen molar-refractivity contribution in [3.05, 3.63) is 96.1 Å². The van der Waals surface area contributed by atoms with Gasteiger partial charge in [0.05, 0.1) is 22.7 Å². The second kappa shape index (κ2) is 14.8. The van der Waals surface area contributed by atoms with E-state index in [4.69, 9.17) is 0 Å². The minimum atomic E-state index is -4.73. The summed E-state index contributed by atoms with van der Waals surface area (Å²) in [5.74, 6) is 0.0723. The summed E-state index contributed by atoms with van der Waals surface area (Å²) in [4.78, 5) is -1.03. The third-order valence-corrected chi connectivity index (χ3v) is 7.07. The molecule has 4 N–H and O–H groups in total. The molecule has 0 aliphatic heterocycles. The van der Waals surface area contributed by atoms with Crippen LogP contribution in [0.2, 0.25) is 0 Å². The van der Waals surface area contributed by atoms with Crippen molar-refractivity contribution in [2.24, 2.45) is 20.5 Å². The van der Waals surface area contributed by atoms with Crippen molar-refractivity contribution in [3.63, 3.8) is 0 Å². The maximum absolute atomic E-state index is 12.1. The summed E-state index contributed by atoms with van der Waals surface area (Å²) in [6.45, 7) is 0. The van der Waals surface area contributed by atoms with Gasteiger partial charge in [-0.25, -0.2) is 0 Å². The molecule has 0 spiro atoms. The van der Waals surface area contributed by atoms with Crippen LogP contribution in [0.15, 0.2) is 115 Å². The van der Waals surface area contributed by atoms with E-state index in [1.807, 2.05) is 0 Å². The first-order chi connectivity index (χ1) is 18.9. The van der Waals surface area contributed by atoms with Crippen LogP contribution in [-0.4, -0.2) is 36.2 Å². The molecule has 0 aromatic heterocycles. The third kappa shape index (κ3) is 9.70. The minimum absolute atomic E-state index is 0. The Bertz CT molecular complexity index is 1730. The van der Waals surface area contributed by atoms with E-state index in [-0.39, 0.29) is 82.4 Å². The van der Waals surface area contributed by atoms with Gasteiger partial charge in [-0.3, -0.25) is 9.11 Å². The fraction of sp³-hybridized carbons (Fsp3) is 0. The Balaban J connectivity index is 0.00000308. The van der Waals surface area contributed by atoms with Crippen LogP contribution >= 0.6 is 0 Å². The van der Waals surface area contributed by atoms with Crippen LogP contribution < -0.4 is 48.4 Å². The molecule has 0 amide bonds. The monoisotopic (exact) mass is 610 g/mol. The first-order valence-corrected chi connectivity index (χ1v) is 14.1. The van der Waals surface area contributed by atoms with Crippen molar-refractivity contribution < 1.29 is 84.6 Å². The van der Waals surface area contributed by atoms with Gasteiger partial charge in [-0.05, 0) is 83.9 Å². The molecule has 0 radical (unpaired) electrons. The number of aromatic hydroxyl groups is 2. The van der Waals surface area contributed by atoms with Crippen LogP contribution in [-0.2, 0) is 20.2 Å². The molecule has 4 aromatic carbocycles. The van der Waals surface area contributed by atoms with E-state index in [9.17, 15) is 36.2 Å². The molecular formula is C26H20LiN4NaO8S2+2. The van der Waals surface area contributed by atoms with Crippen LogP contribution in [0.25, 0.3) is 12.2 Å². The van der Waals surface area contributed by atoms with Gasteiger partial charge >= 0.3 is 48.4 Å². The van der Waals surface area contributed by atoms with Crippen LogP contribution in [0, 0.1) is 0 Å². The number of phenolic OH excluding ortho intramolecular Hbond substituents is 2. The molecule has 0 saturated heterocycles. The molecule has 0 unspecified atom stereocenters. The molecule has 12 nitrogen and oxygen atoms in total. The Morgan fingerprint density at radius 3 is 1.10 bits per heavy atom. The summed E-state index contributed by atoms with van der Waals surface area (Å²) in [7, 11) is -9.45. The van der Waals surface area contributed by atoms with Gasteiger partial charge in [0.2, 0.25) is 0 Å². The van der Waals surface area contributed by atoms with Gasteiger partial charge in [0.1, 0.15) is 21.3 Å². The largest absolute Gasteiger partial charge is 1.00 e. The van der Waals surface area contributed by atoms with Crippen molar-refractivity contribution in [3.8, 4) is 11.5 Å². The first-order valence-electron chi connectivity index (χ1n) is 11.2. The molecule has 0 aliphatic rings. The smallest absolute Gasteiger partial charge is 0.508 e. The molecule has 204 valence electrons. The number of rotatable bonds is 8. The van der Waals surface area contributed by atoms with Gasteiger partial charge in [0.25, 0.3) is 20.2 Å². The summed E-state index contributed by atoms with van der Waals surface area (Å²) in [6.07, 6.45) is 2.48. The van der Waals surface area contributed by atoms with Crippen molar-refractivity contribution >= 4 is 55.1 Å². The Labute approximate surface area is 275 Å². The summed E-state index contributed by atoms with van der Waals surface area (Å²) >= 11 is 0. The molecule has 4 rings (SSSR count). The molecule has 0 heterocycles. The van der Waals surface area contributed by atoms with Crippen LogP contribution in [0.3, 0.4) is 0 Å². The molecule has 0 saturated carbocycles. The summed E-state index contributed by atoms with van der Waals surface area (Å²) in [5, 5.41) is 34.5. The Hall–Kier alpha value is -3.16. The SMILES string of the molecule is O=S(=O)(O)c1cc(N=Nc2ccc(O)cc2)ccc1/C=C/c1ccc(N=Nc2ccc(O)cc2)cc1S(=O)(=O)O.[Li+].[Na+]. The van der Waals surface area contributed by atoms with Gasteiger partial charge in [0.15, 0.2) is 0 Å². The number of azo groups is 2. The summed E-state index contributed by atoms with van der Waals surface area (Å²) < 4.78 is 67.7. The maximum atomic E-state index is 12.1. The van der Waals surface area contributed by atoms with Crippen molar-refractivity contribution in [1.29, 1.82) is 0 Å². The zero-order valence-corrected chi connectivity index (χ0v) is 25.9. The number of nitrogens with zero attached hydrogens (tertiary/aromatic N) is 4. The van der Waals surface area contributed by atoms with Crippen LogP contribution in [0.1, 0.15) is 11.1 Å². The van der Waals surface area contributed by atoms with E-state index in [0.29, 0.717) is 11.4 Å². The Kier molecular flexibility index (Phi) is 12.4. The van der Waals surface area contributed by atoms with E-state index < -0.39 is 30.0 Å². The molecule has 0 atom stereocenters. The fourth-order valence-electron chi connectivity index (χ4n) is 3.34. The van der Waals surface area contributed by atoms with E-state index >= 15 is 0 Å². The summed E-state index contributed by atoms with van der Waals surface area (Å²) in [6, 6.07) is 19.2. The quantitative estimate of drug-likeness (QED) is 0.0962. The van der Waals surface area contributed by atoms with Crippen molar-refractivity contribution in [2.75, 3.05) is 0 Å². The molecule has 0 fully saturated rings. The number of phenols is 2. The molecule has 0 bridgehead atoms. The minimum Gasteiger partial charge on any atom is -0.508 e. The van der Waals surface area contributed by atoms with Gasteiger partial charge in [-0.2, -0.15) is 37.3 Å². The Morgan fingerprint density at radius 1 is 0.500 bits per heavy atom. The standard InChI is InChI=1S/C26H20N4O8S2.Li.Na/c31-23-11-7-19(8-12-23)27-29-21-5-3-17(25(15-21)39(33,34)35)1-2-18-4-6-22(16-26(18)40(36,37)38)30-28-20-9-13-24(32)14-10-20;;/h1-16,31-32H,(H,33,34,35)(H,36,37,38);;/q;2*+1/b2-1+,29-27?,30-28?;;. The molecular weight excluding hydrogens is 590 g/mol. The van der Waals surface area contributed by atoms with Gasteiger partial charge < -0.3 is 10.2 Å². The van der Waals surface area contributed by atoms with E-state index in [2.05, 4.69) is 20.5 Å². The predicted molar refractivity (Wildman–Crippen MR) is 146 cm³/mol. The van der Waals surface area contributed by atoms with Gasteiger partial charge in [-0.1, -0.05) is 24.3 Å². The predicted octanol–water partition coefficient (Wildman–Crippen LogP) is 0.600.